The standard InChI is InChI=1S/C28H32N4O5S2/c1-27(2,3)24(30-25(34)21-14-18-10-8-9-13-20(18)38-21)26(35)32-16-22-28(32,4)17-31(22)23(33)15-29-39(36,37)19-11-6-5-7-12-19/h5-14,22,24,29H,15-17H2,1-4H3,(H,30,34)/t22-,24?,28?/m1/s1. The summed E-state index contributed by atoms with van der Waals surface area (Å²) in [6.07, 6.45) is 0. The molecule has 2 fully saturated rings. The van der Waals surface area contributed by atoms with Crippen molar-refractivity contribution < 1.29 is 22.8 Å². The number of thiophene rings is 1. The maximum atomic E-state index is 13.7. The van der Waals surface area contributed by atoms with Crippen LogP contribution in [0.5, 0.6) is 0 Å². The highest BCUT2D eigenvalue weighted by Gasteiger charge is 2.65. The summed E-state index contributed by atoms with van der Waals surface area (Å²) in [6, 6.07) is 16.5. The summed E-state index contributed by atoms with van der Waals surface area (Å²) in [4.78, 5) is 43.7. The highest BCUT2D eigenvalue weighted by Crippen LogP contribution is 2.45. The monoisotopic (exact) mass is 568 g/mol. The van der Waals surface area contributed by atoms with Crippen molar-refractivity contribution in [2.75, 3.05) is 19.6 Å². The second-order valence-corrected chi connectivity index (χ2v) is 14.3. The highest BCUT2D eigenvalue weighted by molar-refractivity contribution is 7.89. The minimum atomic E-state index is -3.80. The lowest BCUT2D eigenvalue weighted by Gasteiger charge is -2.69. The fourth-order valence-electron chi connectivity index (χ4n) is 5.26. The van der Waals surface area contributed by atoms with Gasteiger partial charge in [-0.05, 0) is 42.0 Å². The largest absolute Gasteiger partial charge is 0.339 e. The number of piperazine rings is 1. The molecule has 3 heterocycles. The molecule has 0 saturated carbocycles. The van der Waals surface area contributed by atoms with Gasteiger partial charge in [-0.25, -0.2) is 13.1 Å². The topological polar surface area (TPSA) is 116 Å². The predicted molar refractivity (Wildman–Crippen MR) is 150 cm³/mol. The Morgan fingerprint density at radius 1 is 1.08 bits per heavy atom. The van der Waals surface area contributed by atoms with E-state index in [0.717, 1.165) is 10.1 Å². The van der Waals surface area contributed by atoms with Crippen molar-refractivity contribution in [2.45, 2.75) is 50.2 Å². The van der Waals surface area contributed by atoms with E-state index in [4.69, 9.17) is 0 Å². The Bertz CT molecular complexity index is 1510. The fraction of sp³-hybridized carbons (Fsp3) is 0.393. The van der Waals surface area contributed by atoms with Crippen LogP contribution in [0.2, 0.25) is 0 Å². The lowest BCUT2D eigenvalue weighted by molar-refractivity contribution is -0.206. The Labute approximate surface area is 232 Å². The molecule has 2 saturated heterocycles. The highest BCUT2D eigenvalue weighted by atomic mass is 32.2. The zero-order chi connectivity index (χ0) is 28.2. The number of sulfonamides is 1. The minimum absolute atomic E-state index is 0.0950. The maximum Gasteiger partial charge on any atom is 0.262 e. The summed E-state index contributed by atoms with van der Waals surface area (Å²) in [7, 11) is -3.80. The van der Waals surface area contributed by atoms with Crippen LogP contribution in [0.1, 0.15) is 37.4 Å². The normalized spacial score (nSPS) is 21.5. The Kier molecular flexibility index (Phi) is 6.80. The summed E-state index contributed by atoms with van der Waals surface area (Å²) < 4.78 is 28.3. The van der Waals surface area contributed by atoms with Gasteiger partial charge in [0.05, 0.1) is 27.9 Å². The molecular weight excluding hydrogens is 536 g/mol. The van der Waals surface area contributed by atoms with Crippen LogP contribution < -0.4 is 10.0 Å². The van der Waals surface area contributed by atoms with Crippen molar-refractivity contribution in [3.63, 3.8) is 0 Å². The van der Waals surface area contributed by atoms with Gasteiger partial charge in [-0.15, -0.1) is 11.3 Å². The van der Waals surface area contributed by atoms with E-state index in [1.807, 2.05) is 58.0 Å². The van der Waals surface area contributed by atoms with Crippen molar-refractivity contribution >= 4 is 49.2 Å². The molecule has 39 heavy (non-hydrogen) atoms. The van der Waals surface area contributed by atoms with E-state index >= 15 is 0 Å². The average molecular weight is 569 g/mol. The number of nitrogens with one attached hydrogen (secondary N) is 2. The van der Waals surface area contributed by atoms with E-state index in [2.05, 4.69) is 10.0 Å². The van der Waals surface area contributed by atoms with E-state index in [-0.39, 0.29) is 35.2 Å². The summed E-state index contributed by atoms with van der Waals surface area (Å²) >= 11 is 1.39. The van der Waals surface area contributed by atoms with Gasteiger partial charge in [-0.1, -0.05) is 57.2 Å². The molecule has 5 rings (SSSR count). The first kappa shape index (κ1) is 27.3. The molecule has 9 nitrogen and oxygen atoms in total. The lowest BCUT2D eigenvalue weighted by atomic mass is 9.70. The van der Waals surface area contributed by atoms with Gasteiger partial charge in [0, 0.05) is 17.8 Å². The molecular formula is C28H32N4O5S2. The van der Waals surface area contributed by atoms with Crippen molar-refractivity contribution in [3.05, 3.63) is 65.5 Å². The first-order chi connectivity index (χ1) is 18.3. The molecule has 2 unspecified atom stereocenters. The van der Waals surface area contributed by atoms with Gasteiger partial charge < -0.3 is 15.1 Å². The second kappa shape index (κ2) is 9.72. The van der Waals surface area contributed by atoms with Crippen LogP contribution in [0.15, 0.2) is 65.6 Å². The maximum absolute atomic E-state index is 13.7. The third-order valence-electron chi connectivity index (χ3n) is 7.65. The van der Waals surface area contributed by atoms with Crippen molar-refractivity contribution in [1.29, 1.82) is 0 Å². The van der Waals surface area contributed by atoms with E-state index < -0.39 is 27.0 Å². The number of amides is 3. The van der Waals surface area contributed by atoms with Gasteiger partial charge in [-0.2, -0.15) is 0 Å². The molecule has 1 aromatic heterocycles. The molecule has 3 aromatic rings. The molecule has 11 heteroatoms. The Balaban J connectivity index is 1.22. The number of hydrogen-bond acceptors (Lipinski definition) is 6. The molecule has 3 atom stereocenters. The molecule has 0 radical (unpaired) electrons. The molecule has 0 aliphatic carbocycles. The molecule has 2 aromatic carbocycles. The zero-order valence-electron chi connectivity index (χ0n) is 22.3. The van der Waals surface area contributed by atoms with Crippen molar-refractivity contribution in [2.24, 2.45) is 5.41 Å². The van der Waals surface area contributed by atoms with Gasteiger partial charge in [0.15, 0.2) is 0 Å². The van der Waals surface area contributed by atoms with Gasteiger partial charge in [0.25, 0.3) is 5.91 Å². The molecule has 2 aliphatic rings. The molecule has 2 N–H and O–H groups in total. The average Bonchev–Trinajstić information content (AvgIpc) is 3.33. The Morgan fingerprint density at radius 2 is 1.74 bits per heavy atom. The van der Waals surface area contributed by atoms with Crippen LogP contribution in [0, 0.1) is 5.41 Å². The zero-order valence-corrected chi connectivity index (χ0v) is 23.9. The van der Waals surface area contributed by atoms with Crippen LogP contribution in [0.25, 0.3) is 10.1 Å². The third kappa shape index (κ3) is 4.94. The number of benzene rings is 2. The first-order valence-electron chi connectivity index (χ1n) is 12.8. The Morgan fingerprint density at radius 3 is 2.36 bits per heavy atom. The number of carbonyl (C=O) groups excluding carboxylic acids is 3. The third-order valence-corrected chi connectivity index (χ3v) is 10.2. The van der Waals surface area contributed by atoms with E-state index in [1.165, 1.54) is 23.5 Å². The number of carbonyl (C=O) groups is 3. The van der Waals surface area contributed by atoms with E-state index in [9.17, 15) is 22.8 Å². The van der Waals surface area contributed by atoms with E-state index in [1.54, 1.807) is 28.0 Å². The smallest absolute Gasteiger partial charge is 0.262 e. The van der Waals surface area contributed by atoms with Crippen LogP contribution in [-0.2, 0) is 19.6 Å². The van der Waals surface area contributed by atoms with Crippen molar-refractivity contribution in [1.82, 2.24) is 19.8 Å². The number of nitrogens with zero attached hydrogens (tertiary/aromatic N) is 2. The van der Waals surface area contributed by atoms with Gasteiger partial charge >= 0.3 is 0 Å². The lowest BCUT2D eigenvalue weighted by Crippen LogP contribution is -2.89. The molecule has 2 aliphatic heterocycles. The predicted octanol–water partition coefficient (Wildman–Crippen LogP) is 2.84. The van der Waals surface area contributed by atoms with E-state index in [0.29, 0.717) is 18.0 Å². The van der Waals surface area contributed by atoms with Crippen molar-refractivity contribution in [3.8, 4) is 0 Å². The van der Waals surface area contributed by atoms with Crippen LogP contribution in [0.3, 0.4) is 0 Å². The number of hydrogen-bond donors (Lipinski definition) is 2. The van der Waals surface area contributed by atoms with Crippen LogP contribution >= 0.6 is 11.3 Å². The summed E-state index contributed by atoms with van der Waals surface area (Å²) in [6.45, 7) is 7.94. The van der Waals surface area contributed by atoms with Gasteiger partial charge in [-0.3, -0.25) is 14.4 Å². The Hall–Kier alpha value is -3.28. The van der Waals surface area contributed by atoms with Crippen LogP contribution in [-0.4, -0.2) is 73.2 Å². The summed E-state index contributed by atoms with van der Waals surface area (Å²) in [5.41, 5.74) is -1.10. The fourth-order valence-corrected chi connectivity index (χ4v) is 7.22. The minimum Gasteiger partial charge on any atom is -0.339 e. The second-order valence-electron chi connectivity index (χ2n) is 11.4. The van der Waals surface area contributed by atoms with Gasteiger partial charge in [0.2, 0.25) is 21.8 Å². The SMILES string of the molecule is CC(C)(C)C(NC(=O)c1cc2ccccc2s1)C(=O)N1C[C@H]2N(C(=O)CNS(=O)(=O)c3ccccc3)CC21C. The molecule has 0 spiro atoms. The van der Waals surface area contributed by atoms with Gasteiger partial charge in [0.1, 0.15) is 6.04 Å². The number of fused-ring (bicyclic) bond motifs is 2. The molecule has 3 amide bonds. The number of rotatable bonds is 7. The number of likely N-dealkylation sites (tertiary alicyclic amines) is 2. The summed E-state index contributed by atoms with van der Waals surface area (Å²) in [5.74, 6) is -0.815. The van der Waals surface area contributed by atoms with Crippen LogP contribution in [0.4, 0.5) is 0 Å². The summed E-state index contributed by atoms with van der Waals surface area (Å²) in [5, 5.41) is 3.95. The quantitative estimate of drug-likeness (QED) is 0.455. The first-order valence-corrected chi connectivity index (χ1v) is 15.1. The molecule has 206 valence electrons. The molecule has 0 bridgehead atoms.